The lowest BCUT2D eigenvalue weighted by Gasteiger charge is -2.27. The van der Waals surface area contributed by atoms with Gasteiger partial charge in [0.1, 0.15) is 5.82 Å². The summed E-state index contributed by atoms with van der Waals surface area (Å²) in [7, 11) is 0. The summed E-state index contributed by atoms with van der Waals surface area (Å²) in [6, 6.07) is 5.98. The van der Waals surface area contributed by atoms with Gasteiger partial charge in [0, 0.05) is 49.5 Å². The van der Waals surface area contributed by atoms with Crippen molar-refractivity contribution in [1.82, 2.24) is 19.9 Å². The lowest BCUT2D eigenvalue weighted by atomic mass is 10.1. The van der Waals surface area contributed by atoms with Crippen LogP contribution < -0.4 is 10.2 Å². The molecule has 2 aromatic heterocycles. The number of carbonyl (C=O) groups is 1. The number of aliphatic carboxylic acids is 1. The van der Waals surface area contributed by atoms with E-state index < -0.39 is 5.97 Å². The van der Waals surface area contributed by atoms with Gasteiger partial charge in [-0.25, -0.2) is 9.97 Å². The molecule has 0 amide bonds. The maximum atomic E-state index is 10.7. The van der Waals surface area contributed by atoms with E-state index in [0.717, 1.165) is 36.3 Å². The monoisotopic (exact) mass is 433 g/mol. The topological polar surface area (TPSA) is 83.3 Å². The van der Waals surface area contributed by atoms with Crippen molar-refractivity contribution in [1.29, 1.82) is 0 Å². The number of halogens is 2. The zero-order valence-electron chi connectivity index (χ0n) is 15.7. The molecule has 1 saturated heterocycles. The van der Waals surface area contributed by atoms with Gasteiger partial charge >= 0.3 is 5.97 Å². The Morgan fingerprint density at radius 3 is 2.97 bits per heavy atom. The number of anilines is 1. The van der Waals surface area contributed by atoms with Crippen LogP contribution in [0, 0.1) is 0 Å². The van der Waals surface area contributed by atoms with Gasteiger partial charge in [-0.2, -0.15) is 0 Å². The molecule has 1 fully saturated rings. The number of aromatic nitrogens is 3. The maximum Gasteiger partial charge on any atom is 0.304 e. The highest BCUT2D eigenvalue weighted by atomic mass is 35.5. The third kappa shape index (κ3) is 4.17. The predicted octanol–water partition coefficient (Wildman–Crippen LogP) is 3.76. The van der Waals surface area contributed by atoms with Crippen LogP contribution in [0.5, 0.6) is 0 Å². The number of fused-ring (bicyclic) bond motifs is 1. The summed E-state index contributed by atoms with van der Waals surface area (Å²) in [6.45, 7) is 2.04. The average Bonchev–Trinajstić information content (AvgIpc) is 3.39. The Kier molecular flexibility index (Phi) is 5.89. The molecular weight excluding hydrogens is 413 g/mol. The van der Waals surface area contributed by atoms with E-state index in [-0.39, 0.29) is 12.5 Å². The molecule has 0 saturated carbocycles. The van der Waals surface area contributed by atoms with Gasteiger partial charge in [0.2, 0.25) is 0 Å². The SMILES string of the molecule is O=C(O)CCNC[C@@H]1CCCN1c1cc(-n2ccnc2)c2ccc(Cl)c(Cl)c2n1. The molecule has 0 spiro atoms. The molecule has 29 heavy (non-hydrogen) atoms. The smallest absolute Gasteiger partial charge is 0.304 e. The van der Waals surface area contributed by atoms with Crippen LogP contribution in [0.1, 0.15) is 19.3 Å². The molecule has 2 N–H and O–H groups in total. The summed E-state index contributed by atoms with van der Waals surface area (Å²) in [5.74, 6) is 0.0290. The van der Waals surface area contributed by atoms with Gasteiger partial charge in [0.05, 0.1) is 34.0 Å². The number of carboxylic acid groups (broad SMARTS) is 1. The number of hydrogen-bond acceptors (Lipinski definition) is 5. The summed E-state index contributed by atoms with van der Waals surface area (Å²) < 4.78 is 1.94. The van der Waals surface area contributed by atoms with Crippen molar-refractivity contribution >= 4 is 45.9 Å². The Morgan fingerprint density at radius 1 is 1.34 bits per heavy atom. The summed E-state index contributed by atoms with van der Waals surface area (Å²) in [5.41, 5.74) is 1.59. The second-order valence-electron chi connectivity index (χ2n) is 7.06. The number of nitrogens with zero attached hydrogens (tertiary/aromatic N) is 4. The summed E-state index contributed by atoms with van der Waals surface area (Å²) >= 11 is 12.8. The molecule has 0 unspecified atom stereocenters. The molecule has 4 rings (SSSR count). The largest absolute Gasteiger partial charge is 0.481 e. The van der Waals surface area contributed by atoms with Crippen molar-refractivity contribution in [2.24, 2.45) is 0 Å². The summed E-state index contributed by atoms with van der Waals surface area (Å²) in [6.07, 6.45) is 7.54. The Balaban J connectivity index is 1.69. The van der Waals surface area contributed by atoms with Crippen LogP contribution in [0.15, 0.2) is 36.9 Å². The minimum atomic E-state index is -0.798. The quantitative estimate of drug-likeness (QED) is 0.551. The fraction of sp³-hybridized carbons (Fsp3) is 0.350. The molecule has 0 aliphatic carbocycles. The second-order valence-corrected chi connectivity index (χ2v) is 7.85. The van der Waals surface area contributed by atoms with Crippen molar-refractivity contribution < 1.29 is 9.90 Å². The fourth-order valence-corrected chi connectivity index (χ4v) is 4.14. The summed E-state index contributed by atoms with van der Waals surface area (Å²) in [5, 5.41) is 13.9. The van der Waals surface area contributed by atoms with E-state index in [1.165, 1.54) is 0 Å². The third-order valence-electron chi connectivity index (χ3n) is 5.19. The minimum Gasteiger partial charge on any atom is -0.481 e. The van der Waals surface area contributed by atoms with Crippen LogP contribution in [0.25, 0.3) is 16.6 Å². The molecule has 0 radical (unpaired) electrons. The van der Waals surface area contributed by atoms with Crippen LogP contribution >= 0.6 is 23.2 Å². The number of pyridine rings is 1. The van der Waals surface area contributed by atoms with Crippen molar-refractivity contribution in [3.05, 3.63) is 47.0 Å². The lowest BCUT2D eigenvalue weighted by molar-refractivity contribution is -0.136. The molecule has 3 aromatic rings. The second kappa shape index (κ2) is 8.57. The van der Waals surface area contributed by atoms with Crippen molar-refractivity contribution in [3.63, 3.8) is 0 Å². The maximum absolute atomic E-state index is 10.7. The van der Waals surface area contributed by atoms with Crippen LogP contribution in [-0.2, 0) is 4.79 Å². The molecule has 1 aliphatic rings. The lowest BCUT2D eigenvalue weighted by Crippen LogP contribution is -2.39. The van der Waals surface area contributed by atoms with Crippen molar-refractivity contribution in [2.45, 2.75) is 25.3 Å². The Hall–Kier alpha value is -2.35. The molecule has 1 atom stereocenters. The highest BCUT2D eigenvalue weighted by Crippen LogP contribution is 2.36. The highest BCUT2D eigenvalue weighted by molar-refractivity contribution is 6.45. The molecule has 1 aromatic carbocycles. The minimum absolute atomic E-state index is 0.111. The van der Waals surface area contributed by atoms with E-state index in [1.54, 1.807) is 18.6 Å². The molecule has 1 aliphatic heterocycles. The first kappa shape index (κ1) is 19.9. The highest BCUT2D eigenvalue weighted by Gasteiger charge is 2.27. The first-order valence-corrected chi connectivity index (χ1v) is 10.3. The van der Waals surface area contributed by atoms with E-state index in [4.69, 9.17) is 33.3 Å². The average molecular weight is 434 g/mol. The van der Waals surface area contributed by atoms with E-state index in [1.807, 2.05) is 22.9 Å². The molecule has 0 bridgehead atoms. The van der Waals surface area contributed by atoms with Gasteiger partial charge in [0.25, 0.3) is 0 Å². The summed E-state index contributed by atoms with van der Waals surface area (Å²) in [4.78, 5) is 22.0. The number of nitrogens with one attached hydrogen (secondary N) is 1. The zero-order chi connectivity index (χ0) is 20.4. The van der Waals surface area contributed by atoms with Gasteiger partial charge in [-0.05, 0) is 25.0 Å². The number of rotatable bonds is 7. The number of hydrogen-bond donors (Lipinski definition) is 2. The van der Waals surface area contributed by atoms with Crippen LogP contribution in [0.4, 0.5) is 5.82 Å². The van der Waals surface area contributed by atoms with Gasteiger partial charge < -0.3 is 19.9 Å². The predicted molar refractivity (Wildman–Crippen MR) is 114 cm³/mol. The van der Waals surface area contributed by atoms with Gasteiger partial charge in [-0.3, -0.25) is 4.79 Å². The van der Waals surface area contributed by atoms with Crippen LogP contribution in [0.3, 0.4) is 0 Å². The normalized spacial score (nSPS) is 16.6. The third-order valence-corrected chi connectivity index (χ3v) is 5.98. The van der Waals surface area contributed by atoms with E-state index in [9.17, 15) is 4.79 Å². The standard InChI is InChI=1S/C20H21Cl2N5O2/c21-15-4-3-14-16(26-9-7-24-12-26)10-17(25-20(14)19(15)22)27-8-1-2-13(27)11-23-6-5-18(28)29/h3-4,7,9-10,12-13,23H,1-2,5-6,8,11H2,(H,28,29)/t13-/m0/s1. The van der Waals surface area contributed by atoms with Crippen LogP contribution in [0.2, 0.25) is 10.0 Å². The Bertz CT molecular complexity index is 1030. The molecular formula is C20H21Cl2N5O2. The van der Waals surface area contributed by atoms with Crippen LogP contribution in [-0.4, -0.2) is 51.3 Å². The molecule has 3 heterocycles. The molecule has 152 valence electrons. The first-order valence-electron chi connectivity index (χ1n) is 9.51. The van der Waals surface area contributed by atoms with Crippen molar-refractivity contribution in [3.8, 4) is 5.69 Å². The van der Waals surface area contributed by atoms with Gasteiger partial charge in [-0.1, -0.05) is 23.2 Å². The first-order chi connectivity index (χ1) is 14.0. The Morgan fingerprint density at radius 2 is 2.21 bits per heavy atom. The van der Waals surface area contributed by atoms with Crippen molar-refractivity contribution in [2.75, 3.05) is 24.5 Å². The number of benzene rings is 1. The molecule has 9 heteroatoms. The Labute approximate surface area is 178 Å². The fourth-order valence-electron chi connectivity index (χ4n) is 3.78. The number of carboxylic acids is 1. The van der Waals surface area contributed by atoms with E-state index >= 15 is 0 Å². The zero-order valence-corrected chi connectivity index (χ0v) is 17.2. The van der Waals surface area contributed by atoms with E-state index in [2.05, 4.69) is 15.2 Å². The van der Waals surface area contributed by atoms with E-state index in [0.29, 0.717) is 28.7 Å². The van der Waals surface area contributed by atoms with Gasteiger partial charge in [-0.15, -0.1) is 0 Å². The van der Waals surface area contributed by atoms with Gasteiger partial charge in [0.15, 0.2) is 0 Å². The number of imidazole rings is 1. The molecule has 7 nitrogen and oxygen atoms in total.